The highest BCUT2D eigenvalue weighted by Gasteiger charge is 2.35. The van der Waals surface area contributed by atoms with Crippen LogP contribution in [0.1, 0.15) is 58.8 Å². The first-order chi connectivity index (χ1) is 22.2. The number of primary amides is 1. The number of Topliss-reactive ketones (excluding diaryl/α,β-unsaturated/α-hetero) is 1. The van der Waals surface area contributed by atoms with Crippen LogP contribution in [-0.4, -0.2) is 39.8 Å². The van der Waals surface area contributed by atoms with E-state index in [2.05, 4.69) is 5.32 Å². The van der Waals surface area contributed by atoms with Gasteiger partial charge in [-0.05, 0) is 69.6 Å². The molecule has 0 aliphatic carbocycles. The third kappa shape index (κ3) is 7.83. The topological polar surface area (TPSA) is 147 Å². The fourth-order valence-electron chi connectivity index (χ4n) is 5.91. The molecule has 5 N–H and O–H groups in total. The van der Waals surface area contributed by atoms with E-state index in [4.69, 9.17) is 5.73 Å². The lowest BCUT2D eigenvalue weighted by atomic mass is 9.84. The Morgan fingerprint density at radius 3 is 2.00 bits per heavy atom. The van der Waals surface area contributed by atoms with Gasteiger partial charge in [-0.25, -0.2) is 0 Å². The average Bonchev–Trinajstić information content (AvgIpc) is 3.05. The smallest absolute Gasteiger partial charge is 0.303 e. The Morgan fingerprint density at radius 1 is 0.739 bits per heavy atom. The summed E-state index contributed by atoms with van der Waals surface area (Å²) in [5.74, 6) is -4.20. The zero-order valence-corrected chi connectivity index (χ0v) is 25.3. The molecule has 0 radical (unpaired) electrons. The van der Waals surface area contributed by atoms with Gasteiger partial charge in [0.15, 0.2) is 5.78 Å². The summed E-state index contributed by atoms with van der Waals surface area (Å²) in [5.41, 5.74) is 8.10. The van der Waals surface area contributed by atoms with Crippen molar-refractivity contribution in [1.29, 1.82) is 0 Å². The first-order valence-corrected chi connectivity index (χ1v) is 15.3. The van der Waals surface area contributed by atoms with Gasteiger partial charge in [-0.3, -0.25) is 19.2 Å². The summed E-state index contributed by atoms with van der Waals surface area (Å²) in [6.45, 7) is 0. The highest BCUT2D eigenvalue weighted by atomic mass is 16.4. The Hall–Kier alpha value is -5.34. The first-order valence-electron chi connectivity index (χ1n) is 15.3. The van der Waals surface area contributed by atoms with Crippen LogP contribution in [0, 0.1) is 5.92 Å². The number of hydrogen-bond acceptors (Lipinski definition) is 5. The van der Waals surface area contributed by atoms with E-state index in [1.807, 2.05) is 91.0 Å². The van der Waals surface area contributed by atoms with Crippen LogP contribution in [0.15, 0.2) is 109 Å². The third-order valence-corrected chi connectivity index (χ3v) is 8.27. The SMILES string of the molecule is NC(=O)C[C@H](C(=O)[C@H](CCCC(=O)O)NC(=O)c1cc2ccccc2cc1Cc1ccccc1)C(O)c1ccc2ccccc2c1. The number of aliphatic hydroxyl groups is 1. The molecule has 0 heterocycles. The van der Waals surface area contributed by atoms with E-state index in [0.717, 1.165) is 32.7 Å². The van der Waals surface area contributed by atoms with Gasteiger partial charge in [0.2, 0.25) is 5.91 Å². The molecule has 1 unspecified atom stereocenters. The van der Waals surface area contributed by atoms with Crippen LogP contribution in [0.25, 0.3) is 21.5 Å². The zero-order valence-electron chi connectivity index (χ0n) is 25.3. The molecule has 0 spiro atoms. The predicted molar refractivity (Wildman–Crippen MR) is 177 cm³/mol. The van der Waals surface area contributed by atoms with Crippen molar-refractivity contribution in [2.75, 3.05) is 0 Å². The van der Waals surface area contributed by atoms with Gasteiger partial charge in [0.25, 0.3) is 5.91 Å². The maximum Gasteiger partial charge on any atom is 0.303 e. The van der Waals surface area contributed by atoms with E-state index in [1.54, 1.807) is 18.2 Å². The molecule has 46 heavy (non-hydrogen) atoms. The lowest BCUT2D eigenvalue weighted by Gasteiger charge is -2.27. The van der Waals surface area contributed by atoms with Crippen molar-refractivity contribution in [3.05, 3.63) is 131 Å². The number of hydrogen-bond donors (Lipinski definition) is 4. The lowest BCUT2D eigenvalue weighted by Crippen LogP contribution is -2.46. The van der Waals surface area contributed by atoms with Crippen molar-refractivity contribution in [1.82, 2.24) is 5.32 Å². The molecule has 5 aromatic rings. The van der Waals surface area contributed by atoms with E-state index in [9.17, 15) is 29.4 Å². The molecule has 0 saturated carbocycles. The van der Waals surface area contributed by atoms with E-state index in [0.29, 0.717) is 17.5 Å². The van der Waals surface area contributed by atoms with Crippen molar-refractivity contribution in [3.8, 4) is 0 Å². The minimum absolute atomic E-state index is 0.00181. The number of aliphatic hydroxyl groups excluding tert-OH is 1. The van der Waals surface area contributed by atoms with Gasteiger partial charge in [-0.2, -0.15) is 0 Å². The summed E-state index contributed by atoms with van der Waals surface area (Å²) in [6.07, 6.45) is -1.50. The van der Waals surface area contributed by atoms with E-state index < -0.39 is 48.1 Å². The van der Waals surface area contributed by atoms with Crippen LogP contribution in [0.3, 0.4) is 0 Å². The number of rotatable bonds is 14. The van der Waals surface area contributed by atoms with E-state index >= 15 is 0 Å². The number of nitrogens with one attached hydrogen (secondary N) is 1. The molecular weight excluding hydrogens is 580 g/mol. The minimum atomic E-state index is -1.39. The molecule has 8 heteroatoms. The van der Waals surface area contributed by atoms with Crippen LogP contribution in [0.4, 0.5) is 0 Å². The van der Waals surface area contributed by atoms with Crippen molar-refractivity contribution in [2.24, 2.45) is 11.7 Å². The highest BCUT2D eigenvalue weighted by Crippen LogP contribution is 2.30. The molecule has 0 bridgehead atoms. The number of amides is 2. The standard InChI is InChI=1S/C38H36N2O6/c39-34(41)23-32(36(44)29-18-17-25-11-4-5-12-26(25)20-29)37(45)33(15-8-16-35(42)43)40-38(46)31-22-28-14-7-6-13-27(28)21-30(31)19-24-9-2-1-3-10-24/h1-7,9-14,17-18,20-22,32-33,36,44H,8,15-16,19,23H2,(H2,39,41)(H,40,46)(H,42,43)/t32-,33-,36?/m0/s1. The molecular formula is C38H36N2O6. The van der Waals surface area contributed by atoms with Crippen LogP contribution in [0.5, 0.6) is 0 Å². The second kappa shape index (κ2) is 14.6. The van der Waals surface area contributed by atoms with Gasteiger partial charge in [0.05, 0.1) is 18.1 Å². The molecule has 0 fully saturated rings. The summed E-state index contributed by atoms with van der Waals surface area (Å²) >= 11 is 0. The molecule has 0 aromatic heterocycles. The first kappa shape index (κ1) is 32.1. The van der Waals surface area contributed by atoms with Gasteiger partial charge in [0, 0.05) is 18.4 Å². The number of fused-ring (bicyclic) bond motifs is 2. The van der Waals surface area contributed by atoms with Crippen LogP contribution in [0.2, 0.25) is 0 Å². The van der Waals surface area contributed by atoms with Crippen LogP contribution >= 0.6 is 0 Å². The fourth-order valence-corrected chi connectivity index (χ4v) is 5.91. The zero-order chi connectivity index (χ0) is 32.6. The number of benzene rings is 5. The number of carboxylic acid groups (broad SMARTS) is 1. The van der Waals surface area contributed by atoms with Crippen molar-refractivity contribution in [3.63, 3.8) is 0 Å². The minimum Gasteiger partial charge on any atom is -0.481 e. The average molecular weight is 617 g/mol. The number of nitrogens with two attached hydrogens (primary N) is 1. The van der Waals surface area contributed by atoms with E-state index in [-0.39, 0.29) is 19.3 Å². The lowest BCUT2D eigenvalue weighted by molar-refractivity contribution is -0.137. The Balaban J connectivity index is 1.48. The van der Waals surface area contributed by atoms with Gasteiger partial charge in [-0.1, -0.05) is 97.1 Å². The summed E-state index contributed by atoms with van der Waals surface area (Å²) < 4.78 is 0. The Bertz CT molecular complexity index is 1890. The Labute approximate surface area is 266 Å². The summed E-state index contributed by atoms with van der Waals surface area (Å²) in [4.78, 5) is 51.7. The third-order valence-electron chi connectivity index (χ3n) is 8.27. The highest BCUT2D eigenvalue weighted by molar-refractivity contribution is 6.03. The van der Waals surface area contributed by atoms with Crippen molar-refractivity contribution in [2.45, 2.75) is 44.2 Å². The number of carbonyl (C=O) groups excluding carboxylic acids is 3. The molecule has 8 nitrogen and oxygen atoms in total. The number of carboxylic acids is 1. The number of aliphatic carboxylic acids is 1. The molecule has 234 valence electrons. The Morgan fingerprint density at radius 2 is 1.35 bits per heavy atom. The molecule has 0 aliphatic heterocycles. The van der Waals surface area contributed by atoms with Gasteiger partial charge in [-0.15, -0.1) is 0 Å². The molecule has 3 atom stereocenters. The monoisotopic (exact) mass is 616 g/mol. The molecule has 5 rings (SSSR count). The Kier molecular flexibility index (Phi) is 10.2. The molecule has 0 aliphatic rings. The summed E-state index contributed by atoms with van der Waals surface area (Å²) in [7, 11) is 0. The summed E-state index contributed by atoms with van der Waals surface area (Å²) in [6, 6.07) is 32.7. The predicted octanol–water partition coefficient (Wildman–Crippen LogP) is 5.73. The van der Waals surface area contributed by atoms with Crippen LogP contribution < -0.4 is 11.1 Å². The second-order valence-corrected chi connectivity index (χ2v) is 11.6. The van der Waals surface area contributed by atoms with E-state index in [1.165, 1.54) is 0 Å². The normalized spacial score (nSPS) is 13.2. The molecule has 0 saturated heterocycles. The summed E-state index contributed by atoms with van der Waals surface area (Å²) in [5, 5.41) is 27.2. The van der Waals surface area contributed by atoms with Gasteiger partial charge < -0.3 is 21.3 Å². The number of carbonyl (C=O) groups is 4. The maximum absolute atomic E-state index is 14.2. The second-order valence-electron chi connectivity index (χ2n) is 11.6. The van der Waals surface area contributed by atoms with Crippen LogP contribution in [-0.2, 0) is 20.8 Å². The number of ketones is 1. The van der Waals surface area contributed by atoms with Gasteiger partial charge in [0.1, 0.15) is 0 Å². The largest absolute Gasteiger partial charge is 0.481 e. The maximum atomic E-state index is 14.2. The van der Waals surface area contributed by atoms with Crippen molar-refractivity contribution >= 4 is 45.1 Å². The van der Waals surface area contributed by atoms with Gasteiger partial charge >= 0.3 is 5.97 Å². The fraction of sp³-hybridized carbons (Fsp3) is 0.211. The molecule has 2 amide bonds. The molecule has 5 aromatic carbocycles. The van der Waals surface area contributed by atoms with Crippen molar-refractivity contribution < 1.29 is 29.4 Å². The quantitative estimate of drug-likeness (QED) is 0.125.